The Labute approximate surface area is 177 Å². The second-order valence-electron chi connectivity index (χ2n) is 7.44. The number of methoxy groups -OCH3 is 2. The fourth-order valence-electron chi connectivity index (χ4n) is 3.90. The molecule has 0 saturated carbocycles. The lowest BCUT2D eigenvalue weighted by Crippen LogP contribution is -2.56. The van der Waals surface area contributed by atoms with Gasteiger partial charge in [-0.25, -0.2) is 0 Å². The number of morpholine rings is 1. The van der Waals surface area contributed by atoms with E-state index in [0.717, 1.165) is 38.4 Å². The smallest absolute Gasteiger partial charge is 0.237 e. The minimum absolute atomic E-state index is 0.118. The number of hydrogen-bond acceptors (Lipinski definition) is 7. The zero-order chi connectivity index (χ0) is 21.3. The van der Waals surface area contributed by atoms with Gasteiger partial charge in [0.2, 0.25) is 11.8 Å². The molecule has 1 aromatic carbocycles. The van der Waals surface area contributed by atoms with Crippen molar-refractivity contribution in [1.29, 1.82) is 0 Å². The van der Waals surface area contributed by atoms with E-state index in [2.05, 4.69) is 15.5 Å². The highest BCUT2D eigenvalue weighted by atomic mass is 16.5. The highest BCUT2D eigenvalue weighted by molar-refractivity contribution is 5.88. The van der Waals surface area contributed by atoms with Crippen LogP contribution in [0.5, 0.6) is 11.5 Å². The van der Waals surface area contributed by atoms with Crippen LogP contribution in [-0.2, 0) is 20.9 Å². The van der Waals surface area contributed by atoms with Gasteiger partial charge in [-0.05, 0) is 6.07 Å². The second kappa shape index (κ2) is 11.1. The van der Waals surface area contributed by atoms with Crippen LogP contribution < -0.4 is 20.1 Å². The van der Waals surface area contributed by atoms with Crippen molar-refractivity contribution in [3.05, 3.63) is 23.8 Å². The molecule has 9 heteroatoms. The minimum Gasteiger partial charge on any atom is -0.493 e. The first-order chi connectivity index (χ1) is 14.6. The van der Waals surface area contributed by atoms with E-state index in [1.54, 1.807) is 14.2 Å². The number of carbonyl (C=O) groups is 2. The number of para-hydroxylation sites is 1. The van der Waals surface area contributed by atoms with Crippen molar-refractivity contribution in [2.24, 2.45) is 0 Å². The lowest BCUT2D eigenvalue weighted by Gasteiger charge is -2.35. The molecule has 2 aliphatic rings. The molecule has 30 heavy (non-hydrogen) atoms. The summed E-state index contributed by atoms with van der Waals surface area (Å²) in [6.45, 7) is 6.32. The third kappa shape index (κ3) is 5.84. The predicted molar refractivity (Wildman–Crippen MR) is 112 cm³/mol. The number of benzene rings is 1. The highest BCUT2D eigenvalue weighted by Crippen LogP contribution is 2.32. The molecule has 0 aromatic heterocycles. The number of carbonyl (C=O) groups excluding carboxylic acids is 2. The van der Waals surface area contributed by atoms with E-state index in [1.165, 1.54) is 0 Å². The Morgan fingerprint density at radius 2 is 2.03 bits per heavy atom. The molecule has 0 spiro atoms. The SMILES string of the molecule is COc1cccc(CN2CCNC(=O)[C@H]2CC(=O)NCCN2CCOCC2)c1OC. The molecule has 0 unspecified atom stereocenters. The third-order valence-corrected chi connectivity index (χ3v) is 5.53. The molecular weight excluding hydrogens is 388 g/mol. The van der Waals surface area contributed by atoms with Gasteiger partial charge in [0.15, 0.2) is 11.5 Å². The van der Waals surface area contributed by atoms with Crippen LogP contribution in [0.15, 0.2) is 18.2 Å². The fourth-order valence-corrected chi connectivity index (χ4v) is 3.90. The zero-order valence-corrected chi connectivity index (χ0v) is 17.8. The van der Waals surface area contributed by atoms with Crippen molar-refractivity contribution in [1.82, 2.24) is 20.4 Å². The van der Waals surface area contributed by atoms with Crippen LogP contribution in [0.1, 0.15) is 12.0 Å². The molecule has 3 rings (SSSR count). The van der Waals surface area contributed by atoms with Crippen molar-refractivity contribution in [2.45, 2.75) is 19.0 Å². The average Bonchev–Trinajstić information content (AvgIpc) is 2.76. The molecule has 0 bridgehead atoms. The number of piperazine rings is 1. The van der Waals surface area contributed by atoms with E-state index in [1.807, 2.05) is 23.1 Å². The lowest BCUT2D eigenvalue weighted by atomic mass is 10.1. The van der Waals surface area contributed by atoms with Crippen molar-refractivity contribution in [3.63, 3.8) is 0 Å². The summed E-state index contributed by atoms with van der Waals surface area (Å²) >= 11 is 0. The standard InChI is InChI=1S/C21H32N4O5/c1-28-18-5-3-4-16(20(18)29-2)15-25-9-7-23-21(27)17(25)14-19(26)22-6-8-24-10-12-30-13-11-24/h3-5,17H,6-15H2,1-2H3,(H,22,26)(H,23,27)/t17-/m1/s1. The first-order valence-electron chi connectivity index (χ1n) is 10.4. The largest absolute Gasteiger partial charge is 0.493 e. The van der Waals surface area contributed by atoms with Crippen LogP contribution in [0.2, 0.25) is 0 Å². The van der Waals surface area contributed by atoms with Gasteiger partial charge in [-0.1, -0.05) is 12.1 Å². The van der Waals surface area contributed by atoms with Crippen molar-refractivity contribution in [2.75, 3.05) is 66.7 Å². The van der Waals surface area contributed by atoms with E-state index >= 15 is 0 Å². The van der Waals surface area contributed by atoms with Gasteiger partial charge < -0.3 is 24.8 Å². The summed E-state index contributed by atoms with van der Waals surface area (Å²) in [5, 5.41) is 5.82. The molecule has 2 saturated heterocycles. The maximum Gasteiger partial charge on any atom is 0.237 e. The second-order valence-corrected chi connectivity index (χ2v) is 7.44. The third-order valence-electron chi connectivity index (χ3n) is 5.53. The van der Waals surface area contributed by atoms with Crippen molar-refractivity contribution < 1.29 is 23.8 Å². The van der Waals surface area contributed by atoms with Crippen LogP contribution in [0, 0.1) is 0 Å². The maximum absolute atomic E-state index is 12.5. The molecule has 2 heterocycles. The molecule has 166 valence electrons. The molecule has 1 atom stereocenters. The molecule has 2 N–H and O–H groups in total. The molecule has 2 fully saturated rings. The summed E-state index contributed by atoms with van der Waals surface area (Å²) in [4.78, 5) is 29.3. The highest BCUT2D eigenvalue weighted by Gasteiger charge is 2.32. The summed E-state index contributed by atoms with van der Waals surface area (Å²) in [6, 6.07) is 5.17. The van der Waals surface area contributed by atoms with E-state index in [4.69, 9.17) is 14.2 Å². The summed E-state index contributed by atoms with van der Waals surface area (Å²) in [5.41, 5.74) is 0.921. The summed E-state index contributed by atoms with van der Waals surface area (Å²) in [5.74, 6) is 1.06. The van der Waals surface area contributed by atoms with Crippen LogP contribution in [0.4, 0.5) is 0 Å². The summed E-state index contributed by atoms with van der Waals surface area (Å²) < 4.78 is 16.2. The quantitative estimate of drug-likeness (QED) is 0.574. The summed E-state index contributed by atoms with van der Waals surface area (Å²) in [6.07, 6.45) is 0.126. The van der Waals surface area contributed by atoms with Crippen LogP contribution >= 0.6 is 0 Å². The van der Waals surface area contributed by atoms with Gasteiger partial charge in [0, 0.05) is 51.4 Å². The Hall–Kier alpha value is -2.36. The topological polar surface area (TPSA) is 92.4 Å². The number of hydrogen-bond donors (Lipinski definition) is 2. The van der Waals surface area contributed by atoms with E-state index in [-0.39, 0.29) is 18.2 Å². The Kier molecular flexibility index (Phi) is 8.30. The molecule has 2 aliphatic heterocycles. The average molecular weight is 421 g/mol. The van der Waals surface area contributed by atoms with Gasteiger partial charge in [-0.15, -0.1) is 0 Å². The van der Waals surface area contributed by atoms with Gasteiger partial charge in [-0.3, -0.25) is 19.4 Å². The maximum atomic E-state index is 12.5. The number of ether oxygens (including phenoxy) is 3. The minimum atomic E-state index is -0.516. The van der Waals surface area contributed by atoms with Crippen molar-refractivity contribution in [3.8, 4) is 11.5 Å². The fraction of sp³-hybridized carbons (Fsp3) is 0.619. The zero-order valence-electron chi connectivity index (χ0n) is 17.8. The monoisotopic (exact) mass is 420 g/mol. The number of amides is 2. The Balaban J connectivity index is 1.58. The van der Waals surface area contributed by atoms with Crippen LogP contribution in [-0.4, -0.2) is 94.4 Å². The molecule has 0 aliphatic carbocycles. The van der Waals surface area contributed by atoms with Gasteiger partial charge in [-0.2, -0.15) is 0 Å². The van der Waals surface area contributed by atoms with Crippen LogP contribution in [0.3, 0.4) is 0 Å². The Morgan fingerprint density at radius 3 is 2.77 bits per heavy atom. The van der Waals surface area contributed by atoms with E-state index in [9.17, 15) is 9.59 Å². The predicted octanol–water partition coefficient (Wildman–Crippen LogP) is -0.157. The molecule has 2 amide bonds. The van der Waals surface area contributed by atoms with Gasteiger partial charge in [0.1, 0.15) is 0 Å². The number of rotatable bonds is 9. The molecule has 9 nitrogen and oxygen atoms in total. The van der Waals surface area contributed by atoms with Gasteiger partial charge in [0.05, 0.1) is 39.9 Å². The summed E-state index contributed by atoms with van der Waals surface area (Å²) in [7, 11) is 3.20. The normalized spacial score (nSPS) is 20.5. The molecule has 1 aromatic rings. The van der Waals surface area contributed by atoms with Gasteiger partial charge >= 0.3 is 0 Å². The Morgan fingerprint density at radius 1 is 1.23 bits per heavy atom. The van der Waals surface area contributed by atoms with Gasteiger partial charge in [0.25, 0.3) is 0 Å². The Bertz CT molecular complexity index is 723. The molecule has 0 radical (unpaired) electrons. The number of nitrogens with one attached hydrogen (secondary N) is 2. The van der Waals surface area contributed by atoms with Crippen LogP contribution in [0.25, 0.3) is 0 Å². The van der Waals surface area contributed by atoms with Crippen molar-refractivity contribution >= 4 is 11.8 Å². The van der Waals surface area contributed by atoms with E-state index < -0.39 is 6.04 Å². The first kappa shape index (κ1) is 22.3. The lowest BCUT2D eigenvalue weighted by molar-refractivity contribution is -0.134. The first-order valence-corrected chi connectivity index (χ1v) is 10.4. The molecular formula is C21H32N4O5. The van der Waals surface area contributed by atoms with E-state index in [0.29, 0.717) is 37.7 Å². The number of nitrogens with zero attached hydrogens (tertiary/aromatic N) is 2.